The van der Waals surface area contributed by atoms with E-state index in [1.54, 1.807) is 13.0 Å². The first-order valence-electron chi connectivity index (χ1n) is 6.08. The van der Waals surface area contributed by atoms with Gasteiger partial charge in [-0.25, -0.2) is 0 Å². The Morgan fingerprint density at radius 1 is 1.42 bits per heavy atom. The molecule has 2 rings (SSSR count). The molecule has 19 heavy (non-hydrogen) atoms. The lowest BCUT2D eigenvalue weighted by Crippen LogP contribution is -2.46. The van der Waals surface area contributed by atoms with Crippen LogP contribution in [0, 0.1) is 10.1 Å². The van der Waals surface area contributed by atoms with E-state index in [4.69, 9.17) is 0 Å². The van der Waals surface area contributed by atoms with Crippen molar-refractivity contribution >= 4 is 17.3 Å². The lowest BCUT2D eigenvalue weighted by molar-refractivity contribution is -0.384. The standard InChI is InChI=1S/C13H17N3O3/c1-8-12(17)14-11-9(13(2,3)15(8)4)6-5-7-10(11)16(18)19/h5-8H,1-4H3,(H,14,17). The van der Waals surface area contributed by atoms with Crippen LogP contribution in [0.1, 0.15) is 26.3 Å². The summed E-state index contributed by atoms with van der Waals surface area (Å²) in [6.07, 6.45) is 0. The molecule has 0 aromatic heterocycles. The van der Waals surface area contributed by atoms with Crippen molar-refractivity contribution in [1.29, 1.82) is 0 Å². The Morgan fingerprint density at radius 3 is 2.63 bits per heavy atom. The predicted octanol–water partition coefficient (Wildman–Crippen LogP) is 2.10. The number of nitrogens with zero attached hydrogens (tertiary/aromatic N) is 2. The number of fused-ring (bicyclic) bond motifs is 1. The van der Waals surface area contributed by atoms with Crippen LogP contribution in [0.4, 0.5) is 11.4 Å². The number of para-hydroxylation sites is 1. The van der Waals surface area contributed by atoms with Crippen molar-refractivity contribution in [3.8, 4) is 0 Å². The van der Waals surface area contributed by atoms with E-state index in [2.05, 4.69) is 5.32 Å². The molecule has 1 aliphatic rings. The van der Waals surface area contributed by atoms with Crippen LogP contribution in [0.25, 0.3) is 0 Å². The van der Waals surface area contributed by atoms with E-state index in [0.717, 1.165) is 5.56 Å². The summed E-state index contributed by atoms with van der Waals surface area (Å²) in [5.74, 6) is -0.233. The molecular formula is C13H17N3O3. The zero-order valence-electron chi connectivity index (χ0n) is 11.4. The minimum Gasteiger partial charge on any atom is -0.319 e. The van der Waals surface area contributed by atoms with Gasteiger partial charge < -0.3 is 5.32 Å². The molecule has 0 bridgehead atoms. The SMILES string of the molecule is CC1C(=O)Nc2c([N+](=O)[O-])cccc2C(C)(C)N1C. The van der Waals surface area contributed by atoms with E-state index in [-0.39, 0.29) is 17.6 Å². The minimum atomic E-state index is -0.472. The van der Waals surface area contributed by atoms with E-state index < -0.39 is 10.5 Å². The average molecular weight is 263 g/mol. The van der Waals surface area contributed by atoms with Crippen LogP contribution in [0.2, 0.25) is 0 Å². The summed E-state index contributed by atoms with van der Waals surface area (Å²) in [6.45, 7) is 5.69. The highest BCUT2D eigenvalue weighted by molar-refractivity contribution is 5.98. The molecule has 1 aliphatic heterocycles. The molecule has 6 nitrogen and oxygen atoms in total. The van der Waals surface area contributed by atoms with E-state index in [9.17, 15) is 14.9 Å². The number of hydrogen-bond donors (Lipinski definition) is 1. The second kappa shape index (κ2) is 4.31. The largest absolute Gasteiger partial charge is 0.319 e. The molecule has 0 radical (unpaired) electrons. The minimum absolute atomic E-state index is 0.0681. The number of carbonyl (C=O) groups excluding carboxylic acids is 1. The number of benzene rings is 1. The van der Waals surface area contributed by atoms with Crippen molar-refractivity contribution < 1.29 is 9.72 Å². The molecule has 1 unspecified atom stereocenters. The van der Waals surface area contributed by atoms with Crippen LogP contribution in [0.15, 0.2) is 18.2 Å². The van der Waals surface area contributed by atoms with Crippen LogP contribution in [-0.2, 0) is 10.3 Å². The first-order valence-corrected chi connectivity index (χ1v) is 6.08. The number of likely N-dealkylation sites (N-methyl/N-ethyl adjacent to an activating group) is 1. The van der Waals surface area contributed by atoms with Gasteiger partial charge in [0.1, 0.15) is 5.69 Å². The fourth-order valence-electron chi connectivity index (χ4n) is 2.41. The zero-order chi connectivity index (χ0) is 14.4. The second-order valence-electron chi connectivity index (χ2n) is 5.29. The van der Waals surface area contributed by atoms with Crippen molar-refractivity contribution in [1.82, 2.24) is 4.90 Å². The molecular weight excluding hydrogens is 246 g/mol. The molecule has 1 aromatic carbocycles. The average Bonchev–Trinajstić information content (AvgIpc) is 2.41. The van der Waals surface area contributed by atoms with Gasteiger partial charge in [0.2, 0.25) is 5.91 Å². The van der Waals surface area contributed by atoms with Crippen molar-refractivity contribution in [2.24, 2.45) is 0 Å². The lowest BCUT2D eigenvalue weighted by Gasteiger charge is -2.37. The summed E-state index contributed by atoms with van der Waals surface area (Å²) in [6, 6.07) is 4.51. The first kappa shape index (κ1) is 13.5. The lowest BCUT2D eigenvalue weighted by atomic mass is 9.90. The monoisotopic (exact) mass is 263 g/mol. The summed E-state index contributed by atoms with van der Waals surface area (Å²) < 4.78 is 0. The normalized spacial score (nSPS) is 22.3. The number of anilines is 1. The van der Waals surface area contributed by atoms with Gasteiger partial charge in [0.15, 0.2) is 0 Å². The third kappa shape index (κ3) is 1.98. The van der Waals surface area contributed by atoms with E-state index in [1.165, 1.54) is 6.07 Å². The summed E-state index contributed by atoms with van der Waals surface area (Å²) in [5, 5.41) is 13.8. The maximum Gasteiger partial charge on any atom is 0.293 e. The van der Waals surface area contributed by atoms with Gasteiger partial charge in [0, 0.05) is 17.2 Å². The van der Waals surface area contributed by atoms with E-state index in [1.807, 2.05) is 31.9 Å². The van der Waals surface area contributed by atoms with Crippen LogP contribution < -0.4 is 5.32 Å². The van der Waals surface area contributed by atoms with Gasteiger partial charge in [-0.15, -0.1) is 0 Å². The Labute approximate surface area is 111 Å². The molecule has 102 valence electrons. The topological polar surface area (TPSA) is 75.5 Å². The van der Waals surface area contributed by atoms with E-state index >= 15 is 0 Å². The molecule has 1 amide bonds. The second-order valence-corrected chi connectivity index (χ2v) is 5.29. The first-order chi connectivity index (χ1) is 8.76. The van der Waals surface area contributed by atoms with Gasteiger partial charge in [-0.1, -0.05) is 12.1 Å². The van der Waals surface area contributed by atoms with Crippen LogP contribution in [0.5, 0.6) is 0 Å². The van der Waals surface area contributed by atoms with Gasteiger partial charge >= 0.3 is 0 Å². The Kier molecular flexibility index (Phi) is 3.06. The summed E-state index contributed by atoms with van der Waals surface area (Å²) in [7, 11) is 1.85. The number of carbonyl (C=O) groups is 1. The maximum absolute atomic E-state index is 12.1. The Hall–Kier alpha value is -1.95. The van der Waals surface area contributed by atoms with Crippen LogP contribution in [0.3, 0.4) is 0 Å². The molecule has 0 saturated carbocycles. The maximum atomic E-state index is 12.1. The number of hydrogen-bond acceptors (Lipinski definition) is 4. The van der Waals surface area contributed by atoms with E-state index in [0.29, 0.717) is 5.69 Å². The van der Waals surface area contributed by atoms with Gasteiger partial charge in [0.25, 0.3) is 5.69 Å². The van der Waals surface area contributed by atoms with Crippen molar-refractivity contribution in [3.05, 3.63) is 33.9 Å². The fraction of sp³-hybridized carbons (Fsp3) is 0.462. The Balaban J connectivity index is 2.72. The van der Waals surface area contributed by atoms with Crippen LogP contribution >= 0.6 is 0 Å². The number of rotatable bonds is 1. The summed E-state index contributed by atoms with van der Waals surface area (Å²) >= 11 is 0. The van der Waals surface area contributed by atoms with Crippen molar-refractivity contribution in [2.45, 2.75) is 32.4 Å². The third-order valence-corrected chi connectivity index (χ3v) is 3.99. The van der Waals surface area contributed by atoms with Crippen molar-refractivity contribution in [3.63, 3.8) is 0 Å². The predicted molar refractivity (Wildman–Crippen MR) is 72.0 cm³/mol. The van der Waals surface area contributed by atoms with Crippen molar-refractivity contribution in [2.75, 3.05) is 12.4 Å². The molecule has 0 spiro atoms. The van der Waals surface area contributed by atoms with Gasteiger partial charge in [-0.3, -0.25) is 19.8 Å². The molecule has 0 aliphatic carbocycles. The van der Waals surface area contributed by atoms with Gasteiger partial charge in [0.05, 0.1) is 11.0 Å². The molecule has 1 heterocycles. The highest BCUT2D eigenvalue weighted by atomic mass is 16.6. The molecule has 1 aromatic rings. The number of nitrogens with one attached hydrogen (secondary N) is 1. The summed E-state index contributed by atoms with van der Waals surface area (Å²) in [5.41, 5.74) is 0.516. The van der Waals surface area contributed by atoms with Gasteiger partial charge in [-0.05, 0) is 27.8 Å². The Morgan fingerprint density at radius 2 is 2.05 bits per heavy atom. The highest BCUT2D eigenvalue weighted by Crippen LogP contribution is 2.40. The number of nitro benzene ring substituents is 1. The Bertz CT molecular complexity index is 554. The number of nitro groups is 1. The molecule has 0 fully saturated rings. The summed E-state index contributed by atoms with van der Waals surface area (Å²) in [4.78, 5) is 24.6. The zero-order valence-corrected chi connectivity index (χ0v) is 11.4. The molecule has 0 saturated heterocycles. The molecule has 6 heteroatoms. The fourth-order valence-corrected chi connectivity index (χ4v) is 2.41. The quantitative estimate of drug-likeness (QED) is 0.622. The smallest absolute Gasteiger partial charge is 0.293 e. The highest BCUT2D eigenvalue weighted by Gasteiger charge is 2.39. The molecule has 1 N–H and O–H groups in total. The molecule has 1 atom stereocenters. The third-order valence-electron chi connectivity index (χ3n) is 3.99. The van der Waals surface area contributed by atoms with Crippen LogP contribution in [-0.4, -0.2) is 28.8 Å². The van der Waals surface area contributed by atoms with Gasteiger partial charge in [-0.2, -0.15) is 0 Å². The number of amides is 1.